The number of benzene rings is 1. The summed E-state index contributed by atoms with van der Waals surface area (Å²) in [6.07, 6.45) is 5.57. The molecular weight excluding hydrogens is 249 g/mol. The van der Waals surface area contributed by atoms with Gasteiger partial charge in [-0.1, -0.05) is 31.4 Å². The molecule has 0 heterocycles. The van der Waals surface area contributed by atoms with Crippen molar-refractivity contribution in [2.75, 3.05) is 0 Å². The minimum atomic E-state index is -0.237. The molecule has 1 aromatic rings. The molecule has 0 bridgehead atoms. The van der Waals surface area contributed by atoms with E-state index in [4.69, 9.17) is 17.3 Å². The number of halogens is 2. The standard InChI is InChI=1S/C15H21ClFN/c1-10-2-4-11(5-3-10)15(18)9-12-8-13(17)6-7-14(12)16/h6-8,10-11,15H,2-5,9,18H2,1H3. The Morgan fingerprint density at radius 3 is 2.67 bits per heavy atom. The lowest BCUT2D eigenvalue weighted by molar-refractivity contribution is 0.253. The Hall–Kier alpha value is -0.600. The van der Waals surface area contributed by atoms with Crippen molar-refractivity contribution in [3.8, 4) is 0 Å². The van der Waals surface area contributed by atoms with Crippen LogP contribution in [0.1, 0.15) is 38.2 Å². The Balaban J connectivity index is 1.98. The van der Waals surface area contributed by atoms with Crippen molar-refractivity contribution in [3.05, 3.63) is 34.6 Å². The van der Waals surface area contributed by atoms with Crippen molar-refractivity contribution in [2.24, 2.45) is 17.6 Å². The highest BCUT2D eigenvalue weighted by atomic mass is 35.5. The Morgan fingerprint density at radius 1 is 1.33 bits per heavy atom. The lowest BCUT2D eigenvalue weighted by Gasteiger charge is -2.30. The molecule has 2 N–H and O–H groups in total. The molecule has 1 fully saturated rings. The first-order chi connectivity index (χ1) is 8.56. The molecule has 0 aromatic heterocycles. The molecule has 0 saturated heterocycles. The summed E-state index contributed by atoms with van der Waals surface area (Å²) in [6.45, 7) is 2.30. The molecule has 1 atom stereocenters. The van der Waals surface area contributed by atoms with Gasteiger partial charge in [-0.05, 0) is 54.9 Å². The first kappa shape index (κ1) is 13.8. The number of nitrogens with two attached hydrogens (primary N) is 1. The van der Waals surface area contributed by atoms with Crippen LogP contribution in [0.5, 0.6) is 0 Å². The minimum Gasteiger partial charge on any atom is -0.327 e. The van der Waals surface area contributed by atoms with Gasteiger partial charge in [0, 0.05) is 11.1 Å². The topological polar surface area (TPSA) is 26.0 Å². The Morgan fingerprint density at radius 2 is 2.00 bits per heavy atom. The summed E-state index contributed by atoms with van der Waals surface area (Å²) in [7, 11) is 0. The van der Waals surface area contributed by atoms with Crippen molar-refractivity contribution in [1.29, 1.82) is 0 Å². The molecule has 0 amide bonds. The van der Waals surface area contributed by atoms with Gasteiger partial charge in [0.1, 0.15) is 5.82 Å². The largest absolute Gasteiger partial charge is 0.327 e. The van der Waals surface area contributed by atoms with Crippen LogP contribution >= 0.6 is 11.6 Å². The monoisotopic (exact) mass is 269 g/mol. The maximum atomic E-state index is 13.2. The zero-order chi connectivity index (χ0) is 13.1. The van der Waals surface area contributed by atoms with E-state index < -0.39 is 0 Å². The van der Waals surface area contributed by atoms with Gasteiger partial charge in [-0.2, -0.15) is 0 Å². The van der Waals surface area contributed by atoms with E-state index >= 15 is 0 Å². The summed E-state index contributed by atoms with van der Waals surface area (Å²) in [4.78, 5) is 0. The first-order valence-corrected chi connectivity index (χ1v) is 7.13. The zero-order valence-corrected chi connectivity index (χ0v) is 11.6. The van der Waals surface area contributed by atoms with Crippen LogP contribution in [-0.2, 0) is 6.42 Å². The quantitative estimate of drug-likeness (QED) is 0.875. The number of hydrogen-bond acceptors (Lipinski definition) is 1. The summed E-state index contributed by atoms with van der Waals surface area (Å²) >= 11 is 6.08. The molecule has 2 rings (SSSR count). The Labute approximate surface area is 114 Å². The van der Waals surface area contributed by atoms with E-state index in [0.717, 1.165) is 11.5 Å². The average molecular weight is 270 g/mol. The highest BCUT2D eigenvalue weighted by Crippen LogP contribution is 2.31. The summed E-state index contributed by atoms with van der Waals surface area (Å²) in [5.41, 5.74) is 7.10. The van der Waals surface area contributed by atoms with Crippen molar-refractivity contribution < 1.29 is 4.39 Å². The van der Waals surface area contributed by atoms with Crippen molar-refractivity contribution in [1.82, 2.24) is 0 Å². The van der Waals surface area contributed by atoms with Gasteiger partial charge in [0.25, 0.3) is 0 Å². The van der Waals surface area contributed by atoms with E-state index in [1.54, 1.807) is 6.07 Å². The number of hydrogen-bond donors (Lipinski definition) is 1. The fourth-order valence-electron chi connectivity index (χ4n) is 2.83. The lowest BCUT2D eigenvalue weighted by atomic mass is 9.78. The second kappa shape index (κ2) is 6.03. The maximum Gasteiger partial charge on any atom is 0.123 e. The van der Waals surface area contributed by atoms with Gasteiger partial charge in [-0.3, -0.25) is 0 Å². The van der Waals surface area contributed by atoms with Gasteiger partial charge in [-0.15, -0.1) is 0 Å². The van der Waals surface area contributed by atoms with Crippen LogP contribution < -0.4 is 5.73 Å². The Kier molecular flexibility index (Phi) is 4.63. The predicted octanol–water partition coefficient (Wildman–Crippen LogP) is 4.18. The van der Waals surface area contributed by atoms with E-state index in [1.807, 2.05) is 0 Å². The second-order valence-electron chi connectivity index (χ2n) is 5.62. The fraction of sp³-hybridized carbons (Fsp3) is 0.600. The normalized spacial score (nSPS) is 26.0. The van der Waals surface area contributed by atoms with Crippen molar-refractivity contribution in [3.63, 3.8) is 0 Å². The predicted molar refractivity (Wildman–Crippen MR) is 74.2 cm³/mol. The van der Waals surface area contributed by atoms with Gasteiger partial charge < -0.3 is 5.73 Å². The molecule has 0 aliphatic heterocycles. The number of rotatable bonds is 3. The first-order valence-electron chi connectivity index (χ1n) is 6.75. The van der Waals surface area contributed by atoms with E-state index in [1.165, 1.54) is 37.8 Å². The van der Waals surface area contributed by atoms with Crippen LogP contribution in [0.15, 0.2) is 18.2 Å². The molecule has 1 aliphatic rings. The summed E-state index contributed by atoms with van der Waals surface area (Å²) in [5.74, 6) is 1.14. The third-order valence-electron chi connectivity index (χ3n) is 4.13. The summed E-state index contributed by atoms with van der Waals surface area (Å²) < 4.78 is 13.2. The van der Waals surface area contributed by atoms with Crippen LogP contribution in [0, 0.1) is 17.7 Å². The van der Waals surface area contributed by atoms with Crippen molar-refractivity contribution in [2.45, 2.75) is 45.1 Å². The SMILES string of the molecule is CC1CCC(C(N)Cc2cc(F)ccc2Cl)CC1. The minimum absolute atomic E-state index is 0.0943. The van der Waals surface area contributed by atoms with Gasteiger partial charge in [-0.25, -0.2) is 4.39 Å². The molecule has 0 radical (unpaired) electrons. The zero-order valence-electron chi connectivity index (χ0n) is 10.8. The molecule has 0 spiro atoms. The fourth-order valence-corrected chi connectivity index (χ4v) is 3.03. The van der Waals surface area contributed by atoms with Gasteiger partial charge >= 0.3 is 0 Å². The maximum absolute atomic E-state index is 13.2. The van der Waals surface area contributed by atoms with Gasteiger partial charge in [0.2, 0.25) is 0 Å². The average Bonchev–Trinajstić information content (AvgIpc) is 2.34. The third-order valence-corrected chi connectivity index (χ3v) is 4.50. The molecule has 1 aromatic carbocycles. The van der Waals surface area contributed by atoms with E-state index in [2.05, 4.69) is 6.92 Å². The van der Waals surface area contributed by atoms with E-state index in [0.29, 0.717) is 17.4 Å². The lowest BCUT2D eigenvalue weighted by Crippen LogP contribution is -2.34. The molecule has 1 aliphatic carbocycles. The van der Waals surface area contributed by atoms with Crippen LogP contribution in [0.2, 0.25) is 5.02 Å². The Bertz CT molecular complexity index is 399. The van der Waals surface area contributed by atoms with Crippen LogP contribution in [0.25, 0.3) is 0 Å². The van der Waals surface area contributed by atoms with Crippen molar-refractivity contribution >= 4 is 11.6 Å². The smallest absolute Gasteiger partial charge is 0.123 e. The summed E-state index contributed by atoms with van der Waals surface area (Å²) in [6, 6.07) is 4.60. The molecule has 1 nitrogen and oxygen atoms in total. The van der Waals surface area contributed by atoms with E-state index in [9.17, 15) is 4.39 Å². The van der Waals surface area contributed by atoms with E-state index in [-0.39, 0.29) is 11.9 Å². The molecule has 1 saturated carbocycles. The molecule has 1 unspecified atom stereocenters. The molecule has 100 valence electrons. The van der Waals surface area contributed by atoms with Crippen LogP contribution in [0.4, 0.5) is 4.39 Å². The highest BCUT2D eigenvalue weighted by Gasteiger charge is 2.24. The third kappa shape index (κ3) is 3.46. The van der Waals surface area contributed by atoms with Crippen LogP contribution in [0.3, 0.4) is 0 Å². The molecular formula is C15H21ClFN. The van der Waals surface area contributed by atoms with Crippen LogP contribution in [-0.4, -0.2) is 6.04 Å². The molecule has 18 heavy (non-hydrogen) atoms. The van der Waals surface area contributed by atoms with Gasteiger partial charge in [0.05, 0.1) is 0 Å². The summed E-state index contributed by atoms with van der Waals surface area (Å²) in [5, 5.41) is 0.621. The second-order valence-corrected chi connectivity index (χ2v) is 6.03. The van der Waals surface area contributed by atoms with Gasteiger partial charge in [0.15, 0.2) is 0 Å². The highest BCUT2D eigenvalue weighted by molar-refractivity contribution is 6.31. The molecule has 3 heteroatoms.